The van der Waals surface area contributed by atoms with Crippen LogP contribution < -0.4 is 0 Å². The highest BCUT2D eigenvalue weighted by Crippen LogP contribution is 2.30. The van der Waals surface area contributed by atoms with Gasteiger partial charge in [0.25, 0.3) is 0 Å². The lowest BCUT2D eigenvalue weighted by Crippen LogP contribution is -2.02. The first kappa shape index (κ1) is 11.5. The molecule has 0 saturated heterocycles. The summed E-state index contributed by atoms with van der Waals surface area (Å²) in [7, 11) is 0. The van der Waals surface area contributed by atoms with E-state index in [9.17, 15) is 9.50 Å². The number of aliphatic hydroxyl groups excluding tert-OH is 1. The van der Waals surface area contributed by atoms with Gasteiger partial charge in [0.1, 0.15) is 11.9 Å². The molecule has 84 valence electrons. The lowest BCUT2D eigenvalue weighted by atomic mass is 10.1. The van der Waals surface area contributed by atoms with Crippen LogP contribution in [0.2, 0.25) is 5.02 Å². The number of aromatic nitrogens is 1. The molecule has 0 aliphatic rings. The zero-order valence-electron chi connectivity index (χ0n) is 8.45. The van der Waals surface area contributed by atoms with E-state index < -0.39 is 11.9 Å². The number of hydrogen-bond donors (Lipinski definition) is 1. The Labute approximate surface area is 101 Å². The average Bonchev–Trinajstić information content (AvgIpc) is 2.63. The number of benzene rings is 1. The standard InChI is InChI=1S/C11H9ClFNOS/c1-6-11(16-5-14-6)10(15)8-3-2-7(12)4-9(8)13/h2-5,10,15H,1H3. The molecule has 2 aromatic rings. The molecule has 0 amide bonds. The number of hydrogen-bond acceptors (Lipinski definition) is 3. The van der Waals surface area contributed by atoms with Gasteiger partial charge in [0.2, 0.25) is 0 Å². The van der Waals surface area contributed by atoms with Gasteiger partial charge in [0.05, 0.1) is 16.1 Å². The molecule has 5 heteroatoms. The molecule has 1 aromatic heterocycles. The first-order valence-corrected chi connectivity index (χ1v) is 5.88. The summed E-state index contributed by atoms with van der Waals surface area (Å²) in [5.74, 6) is -0.507. The molecular formula is C11H9ClFNOS. The third-order valence-corrected chi connectivity index (χ3v) is 3.51. The molecule has 16 heavy (non-hydrogen) atoms. The van der Waals surface area contributed by atoms with Gasteiger partial charge in [-0.05, 0) is 19.1 Å². The third-order valence-electron chi connectivity index (χ3n) is 2.29. The van der Waals surface area contributed by atoms with Crippen LogP contribution >= 0.6 is 22.9 Å². The molecule has 1 aromatic carbocycles. The number of nitrogens with zero attached hydrogens (tertiary/aromatic N) is 1. The Morgan fingerprint density at radius 1 is 1.50 bits per heavy atom. The Hall–Kier alpha value is -0.970. The smallest absolute Gasteiger partial charge is 0.130 e. The van der Waals surface area contributed by atoms with Crippen molar-refractivity contribution in [2.45, 2.75) is 13.0 Å². The fourth-order valence-electron chi connectivity index (χ4n) is 1.44. The number of rotatable bonds is 2. The van der Waals surface area contributed by atoms with Crippen LogP contribution in [0.15, 0.2) is 23.7 Å². The van der Waals surface area contributed by atoms with Crippen LogP contribution in [0.4, 0.5) is 4.39 Å². The highest BCUT2D eigenvalue weighted by atomic mass is 35.5. The number of thiazole rings is 1. The van der Waals surface area contributed by atoms with E-state index >= 15 is 0 Å². The Morgan fingerprint density at radius 3 is 2.81 bits per heavy atom. The van der Waals surface area contributed by atoms with Gasteiger partial charge in [0, 0.05) is 10.6 Å². The predicted molar refractivity (Wildman–Crippen MR) is 62.3 cm³/mol. The van der Waals surface area contributed by atoms with E-state index in [4.69, 9.17) is 11.6 Å². The van der Waals surface area contributed by atoms with Gasteiger partial charge in [-0.2, -0.15) is 0 Å². The van der Waals surface area contributed by atoms with E-state index in [1.807, 2.05) is 0 Å². The second-order valence-corrected chi connectivity index (χ2v) is 4.69. The van der Waals surface area contributed by atoms with Crippen molar-refractivity contribution in [3.05, 3.63) is 50.7 Å². The molecule has 0 aliphatic heterocycles. The van der Waals surface area contributed by atoms with Crippen molar-refractivity contribution in [1.29, 1.82) is 0 Å². The van der Waals surface area contributed by atoms with E-state index in [0.717, 1.165) is 0 Å². The number of halogens is 2. The van der Waals surface area contributed by atoms with Crippen molar-refractivity contribution in [3.63, 3.8) is 0 Å². The van der Waals surface area contributed by atoms with Gasteiger partial charge in [-0.1, -0.05) is 17.7 Å². The summed E-state index contributed by atoms with van der Waals surface area (Å²) in [6.45, 7) is 1.78. The maximum Gasteiger partial charge on any atom is 0.130 e. The fourth-order valence-corrected chi connectivity index (χ4v) is 2.40. The Balaban J connectivity index is 2.41. The van der Waals surface area contributed by atoms with Crippen molar-refractivity contribution >= 4 is 22.9 Å². The van der Waals surface area contributed by atoms with Crippen LogP contribution in [-0.4, -0.2) is 10.1 Å². The maximum absolute atomic E-state index is 13.6. The summed E-state index contributed by atoms with van der Waals surface area (Å²) in [5.41, 5.74) is 2.56. The SMILES string of the molecule is Cc1ncsc1C(O)c1ccc(Cl)cc1F. The molecule has 1 atom stereocenters. The zero-order valence-corrected chi connectivity index (χ0v) is 10.0. The van der Waals surface area contributed by atoms with Crippen molar-refractivity contribution in [1.82, 2.24) is 4.98 Å². The van der Waals surface area contributed by atoms with Gasteiger partial charge in [-0.15, -0.1) is 11.3 Å². The summed E-state index contributed by atoms with van der Waals surface area (Å²) < 4.78 is 13.6. The monoisotopic (exact) mass is 257 g/mol. The van der Waals surface area contributed by atoms with Gasteiger partial charge >= 0.3 is 0 Å². The lowest BCUT2D eigenvalue weighted by molar-refractivity contribution is 0.218. The zero-order chi connectivity index (χ0) is 11.7. The van der Waals surface area contributed by atoms with E-state index in [0.29, 0.717) is 15.6 Å². The minimum atomic E-state index is -0.982. The normalized spacial score (nSPS) is 12.8. The average molecular weight is 258 g/mol. The highest BCUT2D eigenvalue weighted by Gasteiger charge is 2.18. The number of aliphatic hydroxyl groups is 1. The summed E-state index contributed by atoms with van der Waals surface area (Å²) in [6, 6.07) is 4.23. The minimum Gasteiger partial charge on any atom is -0.383 e. The topological polar surface area (TPSA) is 33.1 Å². The van der Waals surface area contributed by atoms with Crippen LogP contribution in [-0.2, 0) is 0 Å². The van der Waals surface area contributed by atoms with Crippen molar-refractivity contribution < 1.29 is 9.50 Å². The molecule has 0 saturated carbocycles. The Kier molecular flexibility index (Phi) is 3.23. The lowest BCUT2D eigenvalue weighted by Gasteiger charge is -2.10. The van der Waals surface area contributed by atoms with E-state index in [2.05, 4.69) is 4.98 Å². The van der Waals surface area contributed by atoms with Crippen LogP contribution in [0.3, 0.4) is 0 Å². The molecule has 0 fully saturated rings. The summed E-state index contributed by atoms with van der Waals surface area (Å²) in [5, 5.41) is 10.3. The van der Waals surface area contributed by atoms with E-state index in [1.54, 1.807) is 18.5 Å². The Bertz CT molecular complexity index is 514. The first-order chi connectivity index (χ1) is 7.59. The van der Waals surface area contributed by atoms with Crippen LogP contribution in [0.25, 0.3) is 0 Å². The summed E-state index contributed by atoms with van der Waals surface area (Å²) in [4.78, 5) is 4.67. The third kappa shape index (κ3) is 2.09. The van der Waals surface area contributed by atoms with Gasteiger partial charge < -0.3 is 5.11 Å². The summed E-state index contributed by atoms with van der Waals surface area (Å²) in [6.07, 6.45) is -0.982. The second-order valence-electron chi connectivity index (χ2n) is 3.37. The fraction of sp³-hybridized carbons (Fsp3) is 0.182. The second kappa shape index (κ2) is 4.49. The van der Waals surface area contributed by atoms with E-state index in [-0.39, 0.29) is 5.56 Å². The molecule has 0 aliphatic carbocycles. The molecule has 2 nitrogen and oxygen atoms in total. The number of aryl methyl sites for hydroxylation is 1. The van der Waals surface area contributed by atoms with Gasteiger partial charge in [-0.25, -0.2) is 9.37 Å². The van der Waals surface area contributed by atoms with Crippen molar-refractivity contribution in [2.75, 3.05) is 0 Å². The molecule has 1 heterocycles. The molecular weight excluding hydrogens is 249 g/mol. The minimum absolute atomic E-state index is 0.219. The van der Waals surface area contributed by atoms with Crippen molar-refractivity contribution in [2.24, 2.45) is 0 Å². The quantitative estimate of drug-likeness (QED) is 0.895. The summed E-state index contributed by atoms with van der Waals surface area (Å²) >= 11 is 6.95. The molecule has 1 unspecified atom stereocenters. The molecule has 0 radical (unpaired) electrons. The van der Waals surface area contributed by atoms with Crippen LogP contribution in [0.5, 0.6) is 0 Å². The molecule has 2 rings (SSSR count). The maximum atomic E-state index is 13.6. The van der Waals surface area contributed by atoms with Crippen LogP contribution in [0, 0.1) is 12.7 Å². The van der Waals surface area contributed by atoms with E-state index in [1.165, 1.54) is 23.5 Å². The first-order valence-electron chi connectivity index (χ1n) is 4.62. The molecule has 0 spiro atoms. The highest BCUT2D eigenvalue weighted by molar-refractivity contribution is 7.09. The van der Waals surface area contributed by atoms with Gasteiger partial charge in [0.15, 0.2) is 0 Å². The molecule has 1 N–H and O–H groups in total. The van der Waals surface area contributed by atoms with Gasteiger partial charge in [-0.3, -0.25) is 0 Å². The van der Waals surface area contributed by atoms with Crippen molar-refractivity contribution in [3.8, 4) is 0 Å². The Morgan fingerprint density at radius 2 is 2.25 bits per heavy atom. The predicted octanol–water partition coefficient (Wildman–Crippen LogP) is 3.33. The van der Waals surface area contributed by atoms with Crippen LogP contribution in [0.1, 0.15) is 22.2 Å². The largest absolute Gasteiger partial charge is 0.383 e. The molecule has 0 bridgehead atoms.